The van der Waals surface area contributed by atoms with E-state index in [1.165, 1.54) is 10.8 Å². The molecule has 0 amide bonds. The lowest BCUT2D eigenvalue weighted by atomic mass is 10.1. The van der Waals surface area contributed by atoms with Gasteiger partial charge in [-0.3, -0.25) is 4.98 Å². The summed E-state index contributed by atoms with van der Waals surface area (Å²) in [6.07, 6.45) is 2.87. The minimum Gasteiger partial charge on any atom is -0.508 e. The number of fused-ring (bicyclic) bond motifs is 1. The average molecular weight is 228 g/mol. The van der Waals surface area contributed by atoms with Crippen LogP contribution in [0.3, 0.4) is 0 Å². The van der Waals surface area contributed by atoms with E-state index in [0.717, 1.165) is 5.56 Å². The molecular formula is C11H8N4O2. The number of aromatic hydroxyl groups is 1. The number of benzene rings is 1. The van der Waals surface area contributed by atoms with Crippen LogP contribution in [0.15, 0.2) is 41.6 Å². The number of aromatic nitrogens is 4. The molecule has 3 aromatic rings. The topological polar surface area (TPSA) is 83.3 Å². The number of H-pyrrole nitrogens is 1. The molecule has 0 saturated heterocycles. The monoisotopic (exact) mass is 228 g/mol. The third kappa shape index (κ3) is 1.46. The highest BCUT2D eigenvalue weighted by molar-refractivity contribution is 5.77. The molecule has 0 atom stereocenters. The number of nitrogens with zero attached hydrogens (tertiary/aromatic N) is 3. The summed E-state index contributed by atoms with van der Waals surface area (Å²) in [6.45, 7) is 0. The summed E-state index contributed by atoms with van der Waals surface area (Å²) >= 11 is 0. The van der Waals surface area contributed by atoms with Crippen molar-refractivity contribution in [3.63, 3.8) is 0 Å². The highest BCUT2D eigenvalue weighted by Crippen LogP contribution is 2.25. The Hall–Kier alpha value is -2.63. The minimum atomic E-state index is -0.346. The van der Waals surface area contributed by atoms with Gasteiger partial charge in [0, 0.05) is 5.56 Å². The molecule has 0 unspecified atom stereocenters. The van der Waals surface area contributed by atoms with E-state index in [9.17, 15) is 9.90 Å². The van der Waals surface area contributed by atoms with E-state index < -0.39 is 0 Å². The Labute approximate surface area is 95.2 Å². The van der Waals surface area contributed by atoms with Gasteiger partial charge in [0.15, 0.2) is 5.65 Å². The maximum atomic E-state index is 11.4. The molecule has 2 heterocycles. The lowest BCUT2D eigenvalue weighted by Gasteiger charge is -1.98. The first-order valence-corrected chi connectivity index (χ1v) is 4.96. The Bertz CT molecular complexity index is 744. The van der Waals surface area contributed by atoms with E-state index in [-0.39, 0.29) is 11.4 Å². The smallest absolute Gasteiger partial charge is 0.349 e. The second kappa shape index (κ2) is 3.44. The molecule has 0 fully saturated rings. The van der Waals surface area contributed by atoms with Crippen LogP contribution in [0.4, 0.5) is 0 Å². The van der Waals surface area contributed by atoms with Crippen molar-refractivity contribution in [1.29, 1.82) is 0 Å². The zero-order valence-corrected chi connectivity index (χ0v) is 8.66. The van der Waals surface area contributed by atoms with Crippen LogP contribution in [-0.4, -0.2) is 24.7 Å². The Kier molecular flexibility index (Phi) is 1.94. The summed E-state index contributed by atoms with van der Waals surface area (Å²) in [5.41, 5.74) is 1.57. The van der Waals surface area contributed by atoms with Crippen LogP contribution in [0.1, 0.15) is 0 Å². The highest BCUT2D eigenvalue weighted by atomic mass is 16.3. The van der Waals surface area contributed by atoms with Gasteiger partial charge in [-0.15, -0.1) is 0 Å². The van der Waals surface area contributed by atoms with E-state index in [0.29, 0.717) is 11.2 Å². The molecule has 17 heavy (non-hydrogen) atoms. The number of phenols is 1. The molecule has 2 N–H and O–H groups in total. The Morgan fingerprint density at radius 2 is 2.24 bits per heavy atom. The van der Waals surface area contributed by atoms with Crippen LogP contribution in [0.2, 0.25) is 0 Å². The molecular weight excluding hydrogens is 220 g/mol. The normalized spacial score (nSPS) is 10.8. The zero-order chi connectivity index (χ0) is 11.8. The quantitative estimate of drug-likeness (QED) is 0.645. The Morgan fingerprint density at radius 3 is 3.06 bits per heavy atom. The van der Waals surface area contributed by atoms with Gasteiger partial charge in [-0.2, -0.15) is 9.61 Å². The van der Waals surface area contributed by atoms with E-state index in [4.69, 9.17) is 0 Å². The maximum absolute atomic E-state index is 11.4. The first kappa shape index (κ1) is 9.59. The summed E-state index contributed by atoms with van der Waals surface area (Å²) in [5.74, 6) is 0.159. The fourth-order valence-corrected chi connectivity index (χ4v) is 1.70. The number of hydrogen-bond donors (Lipinski definition) is 2. The van der Waals surface area contributed by atoms with E-state index >= 15 is 0 Å². The van der Waals surface area contributed by atoms with Crippen LogP contribution >= 0.6 is 0 Å². The SMILES string of the molecule is O=c1[nH]cnc2c(-c3cccc(O)c3)cnn12. The summed E-state index contributed by atoms with van der Waals surface area (Å²) < 4.78 is 1.18. The summed E-state index contributed by atoms with van der Waals surface area (Å²) in [7, 11) is 0. The van der Waals surface area contributed by atoms with Crippen molar-refractivity contribution in [1.82, 2.24) is 19.6 Å². The highest BCUT2D eigenvalue weighted by Gasteiger charge is 2.09. The standard InChI is InChI=1S/C11H8N4O2/c16-8-3-1-2-7(4-8)9-5-14-15-10(9)12-6-13-11(15)17/h1-6,16H,(H,12,13,17). The van der Waals surface area contributed by atoms with Gasteiger partial charge in [-0.1, -0.05) is 12.1 Å². The van der Waals surface area contributed by atoms with Crippen molar-refractivity contribution in [2.24, 2.45) is 0 Å². The van der Waals surface area contributed by atoms with Crippen LogP contribution in [-0.2, 0) is 0 Å². The van der Waals surface area contributed by atoms with Gasteiger partial charge < -0.3 is 5.11 Å². The second-order valence-electron chi connectivity index (χ2n) is 3.55. The maximum Gasteiger partial charge on any atom is 0.349 e. The van der Waals surface area contributed by atoms with E-state index in [1.54, 1.807) is 24.4 Å². The van der Waals surface area contributed by atoms with Crippen molar-refractivity contribution < 1.29 is 5.11 Å². The summed E-state index contributed by atoms with van der Waals surface area (Å²) in [6, 6.07) is 6.72. The number of nitrogens with one attached hydrogen (secondary N) is 1. The third-order valence-corrected chi connectivity index (χ3v) is 2.47. The van der Waals surface area contributed by atoms with Crippen molar-refractivity contribution in [2.45, 2.75) is 0 Å². The van der Waals surface area contributed by atoms with Crippen LogP contribution in [0.5, 0.6) is 5.75 Å². The molecule has 0 spiro atoms. The molecule has 3 rings (SSSR count). The largest absolute Gasteiger partial charge is 0.508 e. The molecule has 0 saturated carbocycles. The van der Waals surface area contributed by atoms with Gasteiger partial charge in [0.2, 0.25) is 0 Å². The van der Waals surface area contributed by atoms with Gasteiger partial charge in [0.1, 0.15) is 5.75 Å². The van der Waals surface area contributed by atoms with Gasteiger partial charge in [0.25, 0.3) is 0 Å². The number of aromatic amines is 1. The van der Waals surface area contributed by atoms with E-state index in [1.807, 2.05) is 6.07 Å². The molecule has 6 heteroatoms. The third-order valence-electron chi connectivity index (χ3n) is 2.47. The van der Waals surface area contributed by atoms with Crippen LogP contribution in [0, 0.1) is 0 Å². The predicted molar refractivity (Wildman–Crippen MR) is 60.7 cm³/mol. The summed E-state index contributed by atoms with van der Waals surface area (Å²) in [4.78, 5) is 18.0. The fraction of sp³-hybridized carbons (Fsp3) is 0. The average Bonchev–Trinajstić information content (AvgIpc) is 2.74. The summed E-state index contributed by atoms with van der Waals surface area (Å²) in [5, 5.41) is 13.4. The molecule has 84 valence electrons. The molecule has 0 radical (unpaired) electrons. The van der Waals surface area contributed by atoms with Gasteiger partial charge >= 0.3 is 5.69 Å². The first-order chi connectivity index (χ1) is 8.25. The lowest BCUT2D eigenvalue weighted by molar-refractivity contribution is 0.475. The molecule has 2 aromatic heterocycles. The zero-order valence-electron chi connectivity index (χ0n) is 8.66. The second-order valence-corrected chi connectivity index (χ2v) is 3.55. The molecule has 6 nitrogen and oxygen atoms in total. The first-order valence-electron chi connectivity index (χ1n) is 4.96. The van der Waals surface area contributed by atoms with Crippen molar-refractivity contribution in [3.05, 3.63) is 47.3 Å². The van der Waals surface area contributed by atoms with Gasteiger partial charge in [-0.05, 0) is 17.7 Å². The van der Waals surface area contributed by atoms with Gasteiger partial charge in [0.05, 0.1) is 12.5 Å². The van der Waals surface area contributed by atoms with Crippen molar-refractivity contribution in [3.8, 4) is 16.9 Å². The van der Waals surface area contributed by atoms with Gasteiger partial charge in [-0.25, -0.2) is 9.78 Å². The molecule has 1 aromatic carbocycles. The van der Waals surface area contributed by atoms with E-state index in [2.05, 4.69) is 15.1 Å². The molecule has 0 aliphatic rings. The molecule has 0 aliphatic heterocycles. The Morgan fingerprint density at radius 1 is 1.35 bits per heavy atom. The van der Waals surface area contributed by atoms with Crippen LogP contribution in [0.25, 0.3) is 16.8 Å². The number of phenolic OH excluding ortho intramolecular Hbond substituents is 1. The Balaban J connectivity index is 2.32. The minimum absolute atomic E-state index is 0.159. The number of rotatable bonds is 1. The molecule has 0 aliphatic carbocycles. The van der Waals surface area contributed by atoms with Crippen molar-refractivity contribution >= 4 is 5.65 Å². The predicted octanol–water partition coefficient (Wildman–Crippen LogP) is 0.790. The number of hydrogen-bond acceptors (Lipinski definition) is 4. The fourth-order valence-electron chi connectivity index (χ4n) is 1.70. The van der Waals surface area contributed by atoms with Crippen molar-refractivity contribution in [2.75, 3.05) is 0 Å². The molecule has 0 bridgehead atoms. The van der Waals surface area contributed by atoms with Crippen LogP contribution < -0.4 is 5.69 Å². The lowest BCUT2D eigenvalue weighted by Crippen LogP contribution is -2.17.